The summed E-state index contributed by atoms with van der Waals surface area (Å²) in [4.78, 5) is 30.0. The number of aromatic amines is 2. The first kappa shape index (κ1) is 22.4. The highest BCUT2D eigenvalue weighted by molar-refractivity contribution is 5.97. The zero-order chi connectivity index (χ0) is 25.5. The number of anilines is 1. The van der Waals surface area contributed by atoms with Crippen LogP contribution < -0.4 is 5.32 Å². The molecule has 0 atom stereocenters. The second kappa shape index (κ2) is 9.26. The standard InChI is InChI=1S/C29H25N7O2/c37-29(17-5-2-1-3-6-17)32-21-11-19(13-30-15-21)20-12-23-26(35-36-27(23)31-14-20)28-33-24-8-4-7-22(25(24)34-28)18-9-10-38-16-18/h4,7-17H,1-3,5-6H2,(H,32,37)(H,33,34)(H,31,35,36). The fourth-order valence-electron chi connectivity index (χ4n) is 5.31. The van der Waals surface area contributed by atoms with E-state index >= 15 is 0 Å². The summed E-state index contributed by atoms with van der Waals surface area (Å²) in [5.74, 6) is 0.804. The molecule has 5 heterocycles. The summed E-state index contributed by atoms with van der Waals surface area (Å²) in [6.45, 7) is 0. The Balaban J connectivity index is 1.23. The highest BCUT2D eigenvalue weighted by Gasteiger charge is 2.21. The van der Waals surface area contributed by atoms with Gasteiger partial charge in [0.1, 0.15) is 5.69 Å². The molecule has 7 rings (SSSR count). The summed E-state index contributed by atoms with van der Waals surface area (Å²) < 4.78 is 5.28. The summed E-state index contributed by atoms with van der Waals surface area (Å²) in [6, 6.07) is 11.9. The van der Waals surface area contributed by atoms with E-state index < -0.39 is 0 Å². The minimum absolute atomic E-state index is 0.0778. The average molecular weight is 504 g/mol. The number of nitrogens with one attached hydrogen (secondary N) is 3. The van der Waals surface area contributed by atoms with E-state index in [1.165, 1.54) is 6.42 Å². The molecule has 1 aromatic carbocycles. The third kappa shape index (κ3) is 4.02. The third-order valence-electron chi connectivity index (χ3n) is 7.30. The number of hydrogen-bond acceptors (Lipinski definition) is 6. The number of benzene rings is 1. The summed E-state index contributed by atoms with van der Waals surface area (Å²) >= 11 is 0. The second-order valence-corrected chi connectivity index (χ2v) is 9.78. The lowest BCUT2D eigenvalue weighted by atomic mass is 9.88. The number of pyridine rings is 2. The highest BCUT2D eigenvalue weighted by Crippen LogP contribution is 2.33. The molecule has 1 fully saturated rings. The molecule has 1 aliphatic carbocycles. The van der Waals surface area contributed by atoms with Crippen LogP contribution in [0.5, 0.6) is 0 Å². The topological polar surface area (TPSA) is 125 Å². The Bertz CT molecular complexity index is 1760. The molecule has 1 aliphatic rings. The van der Waals surface area contributed by atoms with Gasteiger partial charge in [-0.1, -0.05) is 31.4 Å². The maximum Gasteiger partial charge on any atom is 0.227 e. The van der Waals surface area contributed by atoms with Crippen LogP contribution in [0, 0.1) is 5.92 Å². The number of carbonyl (C=O) groups excluding carboxylic acids is 1. The van der Waals surface area contributed by atoms with Crippen LogP contribution in [0.3, 0.4) is 0 Å². The number of fused-ring (bicyclic) bond motifs is 2. The number of amides is 1. The summed E-state index contributed by atoms with van der Waals surface area (Å²) in [7, 11) is 0. The van der Waals surface area contributed by atoms with Gasteiger partial charge in [-0.15, -0.1) is 0 Å². The Morgan fingerprint density at radius 1 is 1.00 bits per heavy atom. The van der Waals surface area contributed by atoms with Gasteiger partial charge < -0.3 is 14.7 Å². The first-order valence-corrected chi connectivity index (χ1v) is 12.8. The van der Waals surface area contributed by atoms with Crippen LogP contribution >= 0.6 is 0 Å². The Morgan fingerprint density at radius 3 is 2.76 bits per heavy atom. The lowest BCUT2D eigenvalue weighted by Crippen LogP contribution is -2.24. The number of H-pyrrole nitrogens is 2. The van der Waals surface area contributed by atoms with Gasteiger partial charge in [0.2, 0.25) is 5.91 Å². The molecular formula is C29H25N7O2. The van der Waals surface area contributed by atoms with E-state index in [0.717, 1.165) is 64.4 Å². The van der Waals surface area contributed by atoms with Gasteiger partial charge in [0, 0.05) is 40.6 Å². The summed E-state index contributed by atoms with van der Waals surface area (Å²) in [5, 5.41) is 11.4. The van der Waals surface area contributed by atoms with Gasteiger partial charge in [-0.05, 0) is 37.1 Å². The Morgan fingerprint density at radius 2 is 1.89 bits per heavy atom. The lowest BCUT2D eigenvalue weighted by Gasteiger charge is -2.20. The molecule has 9 heteroatoms. The molecule has 1 amide bonds. The van der Waals surface area contributed by atoms with E-state index in [2.05, 4.69) is 30.5 Å². The van der Waals surface area contributed by atoms with Gasteiger partial charge in [-0.3, -0.25) is 14.9 Å². The number of carbonyl (C=O) groups is 1. The van der Waals surface area contributed by atoms with Gasteiger partial charge in [0.05, 0.1) is 40.8 Å². The molecule has 0 radical (unpaired) electrons. The first-order valence-electron chi connectivity index (χ1n) is 12.8. The van der Waals surface area contributed by atoms with Crippen LogP contribution in [0.15, 0.2) is 71.9 Å². The number of rotatable bonds is 5. The second-order valence-electron chi connectivity index (χ2n) is 9.78. The zero-order valence-electron chi connectivity index (χ0n) is 20.6. The molecule has 9 nitrogen and oxygen atoms in total. The molecule has 0 aliphatic heterocycles. The SMILES string of the molecule is O=C(Nc1cncc(-c2cnc3[nH]nc(-c4nc5c(-c6ccoc6)cccc5[nH]4)c3c2)c1)C1CCCCC1. The molecule has 1 saturated carbocycles. The van der Waals surface area contributed by atoms with Crippen molar-refractivity contribution in [1.82, 2.24) is 30.1 Å². The number of furan rings is 1. The van der Waals surface area contributed by atoms with Crippen molar-refractivity contribution in [1.29, 1.82) is 0 Å². The van der Waals surface area contributed by atoms with Crippen LogP contribution in [0.25, 0.3) is 55.8 Å². The van der Waals surface area contributed by atoms with E-state index in [0.29, 0.717) is 22.9 Å². The normalized spacial score (nSPS) is 14.3. The van der Waals surface area contributed by atoms with Gasteiger partial charge in [0.25, 0.3) is 0 Å². The molecule has 0 spiro atoms. The van der Waals surface area contributed by atoms with Crippen molar-refractivity contribution in [2.24, 2.45) is 5.92 Å². The van der Waals surface area contributed by atoms with Gasteiger partial charge in [0.15, 0.2) is 11.5 Å². The van der Waals surface area contributed by atoms with E-state index in [4.69, 9.17) is 9.40 Å². The van der Waals surface area contributed by atoms with Gasteiger partial charge in [-0.25, -0.2) is 9.97 Å². The Labute approximate surface area is 217 Å². The van der Waals surface area contributed by atoms with Crippen LogP contribution in [-0.4, -0.2) is 36.0 Å². The minimum Gasteiger partial charge on any atom is -0.472 e. The monoisotopic (exact) mass is 503 g/mol. The van der Waals surface area contributed by atoms with Crippen LogP contribution in [0.2, 0.25) is 0 Å². The largest absolute Gasteiger partial charge is 0.472 e. The number of imidazole rings is 1. The van der Waals surface area contributed by atoms with Crippen molar-refractivity contribution >= 4 is 33.7 Å². The predicted octanol–water partition coefficient (Wildman–Crippen LogP) is 6.34. The van der Waals surface area contributed by atoms with E-state index in [1.807, 2.05) is 36.4 Å². The van der Waals surface area contributed by atoms with Crippen molar-refractivity contribution in [3.05, 3.63) is 67.5 Å². The summed E-state index contributed by atoms with van der Waals surface area (Å²) in [5.41, 5.74) is 7.46. The van der Waals surface area contributed by atoms with E-state index in [-0.39, 0.29) is 11.8 Å². The fraction of sp³-hybridized carbons (Fsp3) is 0.207. The molecule has 5 aromatic heterocycles. The lowest BCUT2D eigenvalue weighted by molar-refractivity contribution is -0.120. The van der Waals surface area contributed by atoms with Crippen LogP contribution in [0.1, 0.15) is 32.1 Å². The number of aromatic nitrogens is 6. The molecular weight excluding hydrogens is 478 g/mol. The van der Waals surface area contributed by atoms with Gasteiger partial charge >= 0.3 is 0 Å². The molecule has 0 saturated heterocycles. The smallest absolute Gasteiger partial charge is 0.227 e. The highest BCUT2D eigenvalue weighted by atomic mass is 16.3. The quantitative estimate of drug-likeness (QED) is 0.252. The summed E-state index contributed by atoms with van der Waals surface area (Å²) in [6.07, 6.45) is 14.0. The molecule has 3 N–H and O–H groups in total. The maximum atomic E-state index is 12.8. The van der Waals surface area contributed by atoms with Crippen molar-refractivity contribution in [2.45, 2.75) is 32.1 Å². The molecule has 0 bridgehead atoms. The number of hydrogen-bond donors (Lipinski definition) is 3. The molecule has 6 aromatic rings. The predicted molar refractivity (Wildman–Crippen MR) is 145 cm³/mol. The Kier molecular flexibility index (Phi) is 5.46. The average Bonchev–Trinajstić information content (AvgIpc) is 3.73. The maximum absolute atomic E-state index is 12.8. The Hall–Kier alpha value is -4.79. The van der Waals surface area contributed by atoms with Crippen molar-refractivity contribution < 1.29 is 9.21 Å². The van der Waals surface area contributed by atoms with Gasteiger partial charge in [-0.2, -0.15) is 5.10 Å². The molecule has 38 heavy (non-hydrogen) atoms. The first-order chi connectivity index (χ1) is 18.7. The zero-order valence-corrected chi connectivity index (χ0v) is 20.6. The minimum atomic E-state index is 0.0778. The van der Waals surface area contributed by atoms with E-state index in [9.17, 15) is 4.79 Å². The number of nitrogens with zero attached hydrogens (tertiary/aromatic N) is 4. The number of para-hydroxylation sites is 1. The van der Waals surface area contributed by atoms with E-state index in [1.54, 1.807) is 31.1 Å². The third-order valence-corrected chi connectivity index (χ3v) is 7.30. The van der Waals surface area contributed by atoms with Crippen LogP contribution in [-0.2, 0) is 4.79 Å². The molecule has 188 valence electrons. The van der Waals surface area contributed by atoms with Crippen molar-refractivity contribution in [2.75, 3.05) is 5.32 Å². The van der Waals surface area contributed by atoms with Crippen molar-refractivity contribution in [3.8, 4) is 33.8 Å². The fourth-order valence-corrected chi connectivity index (χ4v) is 5.31. The van der Waals surface area contributed by atoms with Crippen LogP contribution in [0.4, 0.5) is 5.69 Å². The van der Waals surface area contributed by atoms with Crippen molar-refractivity contribution in [3.63, 3.8) is 0 Å². The molecule has 0 unspecified atom stereocenters.